The minimum absolute atomic E-state index is 0.0427. The van der Waals surface area contributed by atoms with Crippen LogP contribution in [0.15, 0.2) is 73.1 Å². The van der Waals surface area contributed by atoms with Crippen LogP contribution in [0, 0.1) is 12.8 Å². The van der Waals surface area contributed by atoms with Crippen LogP contribution in [0.1, 0.15) is 34.5 Å². The Morgan fingerprint density at radius 1 is 1.06 bits per heavy atom. The number of pyridine rings is 1. The SMILES string of the molecule is Cc1cccn2cc(COc3ccccc3C(=O)Nc3ccc(N4CCC(C(N)=O)CC4)cc3)nc12. The molecule has 2 aromatic carbocycles. The van der Waals surface area contributed by atoms with Crippen molar-refractivity contribution in [1.82, 2.24) is 9.38 Å². The predicted octanol–water partition coefficient (Wildman–Crippen LogP) is 4.18. The lowest BCUT2D eigenvalue weighted by molar-refractivity contribution is -0.122. The highest BCUT2D eigenvalue weighted by atomic mass is 16.5. The molecule has 1 aliphatic rings. The van der Waals surface area contributed by atoms with Crippen molar-refractivity contribution in [2.75, 3.05) is 23.3 Å². The van der Waals surface area contributed by atoms with Crippen molar-refractivity contribution in [3.8, 4) is 5.75 Å². The molecular formula is C28H29N5O3. The van der Waals surface area contributed by atoms with Crippen LogP contribution in [0.25, 0.3) is 5.65 Å². The number of carbonyl (C=O) groups is 2. The number of nitrogens with zero attached hydrogens (tertiary/aromatic N) is 3. The number of hydrogen-bond acceptors (Lipinski definition) is 5. The highest BCUT2D eigenvalue weighted by Crippen LogP contribution is 2.26. The molecule has 0 bridgehead atoms. The first-order valence-corrected chi connectivity index (χ1v) is 12.1. The highest BCUT2D eigenvalue weighted by molar-refractivity contribution is 6.06. The molecule has 0 radical (unpaired) electrons. The molecule has 0 aliphatic carbocycles. The van der Waals surface area contributed by atoms with Gasteiger partial charge in [-0.1, -0.05) is 18.2 Å². The van der Waals surface area contributed by atoms with Gasteiger partial charge in [0.2, 0.25) is 5.91 Å². The van der Waals surface area contributed by atoms with Crippen LogP contribution in [0.4, 0.5) is 11.4 Å². The number of benzene rings is 2. The Morgan fingerprint density at radius 2 is 1.81 bits per heavy atom. The number of nitrogens with two attached hydrogens (primary N) is 1. The van der Waals surface area contributed by atoms with E-state index in [0.29, 0.717) is 17.0 Å². The average molecular weight is 484 g/mol. The van der Waals surface area contributed by atoms with E-state index in [4.69, 9.17) is 10.5 Å². The van der Waals surface area contributed by atoms with Gasteiger partial charge in [0.15, 0.2) is 0 Å². The Bertz CT molecular complexity index is 1390. The number of imidazole rings is 1. The van der Waals surface area contributed by atoms with Gasteiger partial charge in [-0.05, 0) is 67.8 Å². The second kappa shape index (κ2) is 10.1. The third kappa shape index (κ3) is 5.02. The van der Waals surface area contributed by atoms with Crippen molar-refractivity contribution in [3.63, 3.8) is 0 Å². The molecule has 8 heteroatoms. The quantitative estimate of drug-likeness (QED) is 0.411. The number of amides is 2. The minimum Gasteiger partial charge on any atom is -0.486 e. The summed E-state index contributed by atoms with van der Waals surface area (Å²) in [5.74, 6) is -0.00600. The molecule has 1 fully saturated rings. The van der Waals surface area contributed by atoms with E-state index in [1.54, 1.807) is 12.1 Å². The number of rotatable bonds is 7. The lowest BCUT2D eigenvalue weighted by Crippen LogP contribution is -2.38. The van der Waals surface area contributed by atoms with E-state index in [2.05, 4.69) is 15.2 Å². The molecule has 1 saturated heterocycles. The number of anilines is 2. The van der Waals surface area contributed by atoms with E-state index in [-0.39, 0.29) is 24.3 Å². The van der Waals surface area contributed by atoms with Crippen LogP contribution in [0.5, 0.6) is 5.75 Å². The number of nitrogens with one attached hydrogen (secondary N) is 1. The Balaban J connectivity index is 1.22. The summed E-state index contributed by atoms with van der Waals surface area (Å²) in [4.78, 5) is 31.3. The normalized spacial score (nSPS) is 14.1. The lowest BCUT2D eigenvalue weighted by atomic mass is 9.96. The summed E-state index contributed by atoms with van der Waals surface area (Å²) in [5.41, 5.74) is 10.4. The van der Waals surface area contributed by atoms with Crippen LogP contribution >= 0.6 is 0 Å². The first-order chi connectivity index (χ1) is 17.5. The van der Waals surface area contributed by atoms with Crippen LogP contribution in [-0.2, 0) is 11.4 Å². The van der Waals surface area contributed by atoms with Crippen LogP contribution in [0.3, 0.4) is 0 Å². The van der Waals surface area contributed by atoms with E-state index in [1.807, 2.05) is 72.2 Å². The molecule has 5 rings (SSSR count). The summed E-state index contributed by atoms with van der Waals surface area (Å²) < 4.78 is 7.97. The zero-order valence-corrected chi connectivity index (χ0v) is 20.2. The smallest absolute Gasteiger partial charge is 0.259 e. The van der Waals surface area contributed by atoms with Crippen LogP contribution in [-0.4, -0.2) is 34.3 Å². The van der Waals surface area contributed by atoms with Gasteiger partial charge >= 0.3 is 0 Å². The Hall–Kier alpha value is -4.33. The maximum Gasteiger partial charge on any atom is 0.259 e. The number of ether oxygens (including phenoxy) is 1. The number of aromatic nitrogens is 2. The number of aryl methyl sites for hydroxylation is 1. The second-order valence-corrected chi connectivity index (χ2v) is 9.10. The Kier molecular flexibility index (Phi) is 6.58. The van der Waals surface area contributed by atoms with Gasteiger partial charge in [-0.3, -0.25) is 9.59 Å². The fourth-order valence-corrected chi connectivity index (χ4v) is 4.58. The Morgan fingerprint density at radius 3 is 2.53 bits per heavy atom. The van der Waals surface area contributed by atoms with E-state index in [1.165, 1.54) is 0 Å². The Labute approximate surface area is 209 Å². The van der Waals surface area contributed by atoms with E-state index < -0.39 is 0 Å². The zero-order chi connectivity index (χ0) is 25.1. The molecule has 184 valence electrons. The van der Waals surface area contributed by atoms with Crippen molar-refractivity contribution >= 4 is 28.8 Å². The molecule has 0 saturated carbocycles. The predicted molar refractivity (Wildman–Crippen MR) is 139 cm³/mol. The van der Waals surface area contributed by atoms with Gasteiger partial charge in [0.1, 0.15) is 18.0 Å². The fraction of sp³-hybridized carbons (Fsp3) is 0.250. The molecule has 4 aromatic rings. The number of fused-ring (bicyclic) bond motifs is 1. The topological polar surface area (TPSA) is 102 Å². The largest absolute Gasteiger partial charge is 0.486 e. The van der Waals surface area contributed by atoms with Gasteiger partial charge in [-0.15, -0.1) is 0 Å². The lowest BCUT2D eigenvalue weighted by Gasteiger charge is -2.32. The molecular weight excluding hydrogens is 454 g/mol. The van der Waals surface area contributed by atoms with E-state index >= 15 is 0 Å². The van der Waals surface area contributed by atoms with Gasteiger partial charge < -0.3 is 25.1 Å². The number of primary amides is 1. The number of hydrogen-bond donors (Lipinski definition) is 2. The summed E-state index contributed by atoms with van der Waals surface area (Å²) in [7, 11) is 0. The number of carbonyl (C=O) groups excluding carboxylic acids is 2. The van der Waals surface area contributed by atoms with Gasteiger partial charge in [0.25, 0.3) is 5.91 Å². The fourth-order valence-electron chi connectivity index (χ4n) is 4.58. The molecule has 0 unspecified atom stereocenters. The monoisotopic (exact) mass is 483 g/mol. The minimum atomic E-state index is -0.244. The van der Waals surface area contributed by atoms with Gasteiger partial charge in [-0.2, -0.15) is 0 Å². The van der Waals surface area contributed by atoms with E-state index in [9.17, 15) is 9.59 Å². The maximum absolute atomic E-state index is 13.1. The molecule has 2 aromatic heterocycles. The summed E-state index contributed by atoms with van der Waals surface area (Å²) >= 11 is 0. The molecule has 3 N–H and O–H groups in total. The third-order valence-corrected chi connectivity index (χ3v) is 6.62. The van der Waals surface area contributed by atoms with Crippen molar-refractivity contribution in [2.24, 2.45) is 11.7 Å². The first kappa shape index (κ1) is 23.4. The standard InChI is InChI=1S/C28H29N5O3/c1-19-5-4-14-33-17-22(30-27(19)33)18-36-25-7-3-2-6-24(25)28(35)31-21-8-10-23(11-9-21)32-15-12-20(13-16-32)26(29)34/h2-11,14,17,20H,12-13,15-16,18H2,1H3,(H2,29,34)(H,31,35). The molecule has 3 heterocycles. The molecule has 36 heavy (non-hydrogen) atoms. The third-order valence-electron chi connectivity index (χ3n) is 6.62. The molecule has 0 atom stereocenters. The first-order valence-electron chi connectivity index (χ1n) is 12.1. The molecule has 0 spiro atoms. The number of para-hydroxylation sites is 1. The van der Waals surface area contributed by atoms with Crippen molar-refractivity contribution in [2.45, 2.75) is 26.4 Å². The summed E-state index contributed by atoms with van der Waals surface area (Å²) in [6.07, 6.45) is 5.41. The van der Waals surface area contributed by atoms with Crippen LogP contribution < -0.4 is 20.7 Å². The number of piperidine rings is 1. The zero-order valence-electron chi connectivity index (χ0n) is 20.2. The molecule has 8 nitrogen and oxygen atoms in total. The summed E-state index contributed by atoms with van der Waals surface area (Å²) in [6, 6.07) is 18.9. The highest BCUT2D eigenvalue weighted by Gasteiger charge is 2.23. The summed E-state index contributed by atoms with van der Waals surface area (Å²) in [5, 5.41) is 2.96. The van der Waals surface area contributed by atoms with E-state index in [0.717, 1.165) is 48.5 Å². The summed E-state index contributed by atoms with van der Waals surface area (Å²) in [6.45, 7) is 3.85. The van der Waals surface area contributed by atoms with Crippen molar-refractivity contribution < 1.29 is 14.3 Å². The molecule has 2 amide bonds. The van der Waals surface area contributed by atoms with Gasteiger partial charge in [-0.25, -0.2) is 4.98 Å². The second-order valence-electron chi connectivity index (χ2n) is 9.10. The van der Waals surface area contributed by atoms with Gasteiger partial charge in [0.05, 0.1) is 11.3 Å². The van der Waals surface area contributed by atoms with Crippen molar-refractivity contribution in [3.05, 3.63) is 89.9 Å². The maximum atomic E-state index is 13.1. The average Bonchev–Trinajstić information content (AvgIpc) is 3.33. The van der Waals surface area contributed by atoms with Crippen molar-refractivity contribution in [1.29, 1.82) is 0 Å². The van der Waals surface area contributed by atoms with Gasteiger partial charge in [0, 0.05) is 42.8 Å². The molecule has 1 aliphatic heterocycles. The van der Waals surface area contributed by atoms with Crippen LogP contribution in [0.2, 0.25) is 0 Å².